The second-order valence-corrected chi connectivity index (χ2v) is 8.11. The summed E-state index contributed by atoms with van der Waals surface area (Å²) in [4.78, 5) is 21.3. The first-order valence-electron chi connectivity index (χ1n) is 10.2. The summed E-state index contributed by atoms with van der Waals surface area (Å²) in [5, 5.41) is 2.90. The van der Waals surface area contributed by atoms with Crippen molar-refractivity contribution < 1.29 is 9.21 Å². The number of benzene rings is 1. The van der Waals surface area contributed by atoms with E-state index in [1.165, 1.54) is 17.4 Å². The molecule has 2 heterocycles. The SMILES string of the molecule is Cc1cccc(CN2CCN(Cc3nc(C(=O)NCCC(C)C)co3)CC2)c1. The summed E-state index contributed by atoms with van der Waals surface area (Å²) < 4.78 is 5.52. The van der Waals surface area contributed by atoms with Crippen molar-refractivity contribution in [1.29, 1.82) is 0 Å². The predicted octanol–water partition coefficient (Wildman–Crippen LogP) is 3.08. The molecule has 152 valence electrons. The number of hydrogen-bond donors (Lipinski definition) is 1. The molecule has 6 heteroatoms. The molecule has 0 atom stereocenters. The maximum atomic E-state index is 12.1. The van der Waals surface area contributed by atoms with Crippen molar-refractivity contribution in [3.63, 3.8) is 0 Å². The van der Waals surface area contributed by atoms with Gasteiger partial charge in [0.05, 0.1) is 6.54 Å². The van der Waals surface area contributed by atoms with Crippen molar-refractivity contribution in [2.75, 3.05) is 32.7 Å². The van der Waals surface area contributed by atoms with Crippen LogP contribution in [-0.4, -0.2) is 53.4 Å². The molecule has 1 aromatic carbocycles. The number of piperazine rings is 1. The van der Waals surface area contributed by atoms with Crippen LogP contribution in [0.4, 0.5) is 0 Å². The first-order valence-corrected chi connectivity index (χ1v) is 10.2. The maximum absolute atomic E-state index is 12.1. The summed E-state index contributed by atoms with van der Waals surface area (Å²) in [6.45, 7) is 12.7. The minimum Gasteiger partial charge on any atom is -0.447 e. The molecule has 0 radical (unpaired) electrons. The molecule has 1 aromatic heterocycles. The number of hydrogen-bond acceptors (Lipinski definition) is 5. The van der Waals surface area contributed by atoms with Crippen LogP contribution in [0.2, 0.25) is 0 Å². The number of rotatable bonds is 8. The maximum Gasteiger partial charge on any atom is 0.273 e. The molecule has 1 aliphatic heterocycles. The molecule has 0 unspecified atom stereocenters. The van der Waals surface area contributed by atoms with Gasteiger partial charge in [-0.15, -0.1) is 0 Å². The highest BCUT2D eigenvalue weighted by molar-refractivity contribution is 5.91. The van der Waals surface area contributed by atoms with Crippen LogP contribution >= 0.6 is 0 Å². The molecule has 1 saturated heterocycles. The van der Waals surface area contributed by atoms with Crippen LogP contribution in [0.25, 0.3) is 0 Å². The number of aryl methyl sites for hydroxylation is 1. The zero-order valence-corrected chi connectivity index (χ0v) is 17.3. The van der Waals surface area contributed by atoms with Gasteiger partial charge in [-0.05, 0) is 24.8 Å². The van der Waals surface area contributed by atoms with Crippen LogP contribution in [0.1, 0.15) is 47.8 Å². The Morgan fingerprint density at radius 1 is 1.18 bits per heavy atom. The Bertz CT molecular complexity index is 763. The average Bonchev–Trinajstić information content (AvgIpc) is 3.12. The first-order chi connectivity index (χ1) is 13.5. The highest BCUT2D eigenvalue weighted by atomic mass is 16.3. The minimum atomic E-state index is -0.154. The van der Waals surface area contributed by atoms with Crippen LogP contribution in [0.5, 0.6) is 0 Å². The smallest absolute Gasteiger partial charge is 0.273 e. The Morgan fingerprint density at radius 2 is 1.89 bits per heavy atom. The number of aromatic nitrogens is 1. The highest BCUT2D eigenvalue weighted by Crippen LogP contribution is 2.13. The molecule has 1 aliphatic rings. The topological polar surface area (TPSA) is 61.6 Å². The second-order valence-electron chi connectivity index (χ2n) is 8.11. The number of oxazole rings is 1. The average molecular weight is 385 g/mol. The van der Waals surface area contributed by atoms with E-state index in [0.29, 0.717) is 30.6 Å². The van der Waals surface area contributed by atoms with E-state index in [1.54, 1.807) is 0 Å². The van der Waals surface area contributed by atoms with Crippen molar-refractivity contribution in [2.45, 2.75) is 40.3 Å². The lowest BCUT2D eigenvalue weighted by Crippen LogP contribution is -2.45. The number of carbonyl (C=O) groups excluding carboxylic acids is 1. The third-order valence-corrected chi connectivity index (χ3v) is 5.10. The van der Waals surface area contributed by atoms with Gasteiger partial charge in [0.25, 0.3) is 5.91 Å². The van der Waals surface area contributed by atoms with Crippen molar-refractivity contribution in [3.8, 4) is 0 Å². The summed E-state index contributed by atoms with van der Waals surface area (Å²) in [5.74, 6) is 1.03. The van der Waals surface area contributed by atoms with Crippen LogP contribution < -0.4 is 5.32 Å². The molecule has 2 aromatic rings. The van der Waals surface area contributed by atoms with Gasteiger partial charge in [0.1, 0.15) is 6.26 Å². The van der Waals surface area contributed by atoms with Gasteiger partial charge in [-0.3, -0.25) is 14.6 Å². The van der Waals surface area contributed by atoms with Crippen molar-refractivity contribution in [3.05, 3.63) is 53.2 Å². The van der Waals surface area contributed by atoms with Gasteiger partial charge >= 0.3 is 0 Å². The lowest BCUT2D eigenvalue weighted by atomic mass is 10.1. The van der Waals surface area contributed by atoms with Crippen molar-refractivity contribution >= 4 is 5.91 Å². The van der Waals surface area contributed by atoms with Crippen LogP contribution in [0.3, 0.4) is 0 Å². The van der Waals surface area contributed by atoms with Gasteiger partial charge in [0, 0.05) is 39.3 Å². The van der Waals surface area contributed by atoms with E-state index in [2.05, 4.69) is 65.1 Å². The van der Waals surface area contributed by atoms with E-state index in [-0.39, 0.29) is 5.91 Å². The van der Waals surface area contributed by atoms with Crippen LogP contribution in [0, 0.1) is 12.8 Å². The quantitative estimate of drug-likeness (QED) is 0.758. The first kappa shape index (κ1) is 20.6. The highest BCUT2D eigenvalue weighted by Gasteiger charge is 2.20. The summed E-state index contributed by atoms with van der Waals surface area (Å²) in [5.41, 5.74) is 3.05. The molecular weight excluding hydrogens is 352 g/mol. The zero-order valence-electron chi connectivity index (χ0n) is 17.3. The van der Waals surface area contributed by atoms with Crippen molar-refractivity contribution in [1.82, 2.24) is 20.1 Å². The van der Waals surface area contributed by atoms with E-state index in [0.717, 1.165) is 39.1 Å². The Kier molecular flexibility index (Phi) is 7.23. The van der Waals surface area contributed by atoms with E-state index in [4.69, 9.17) is 4.42 Å². The van der Waals surface area contributed by atoms with Gasteiger partial charge in [-0.2, -0.15) is 0 Å². The molecule has 1 amide bonds. The van der Waals surface area contributed by atoms with Gasteiger partial charge in [-0.1, -0.05) is 43.7 Å². The Hall–Kier alpha value is -2.18. The monoisotopic (exact) mass is 384 g/mol. The summed E-state index contributed by atoms with van der Waals surface area (Å²) in [6.07, 6.45) is 2.43. The molecule has 0 spiro atoms. The van der Waals surface area contributed by atoms with E-state index in [9.17, 15) is 4.79 Å². The number of nitrogens with one attached hydrogen (secondary N) is 1. The molecule has 28 heavy (non-hydrogen) atoms. The van der Waals surface area contributed by atoms with E-state index in [1.807, 2.05) is 0 Å². The van der Waals surface area contributed by atoms with Crippen molar-refractivity contribution in [2.24, 2.45) is 5.92 Å². The molecule has 3 rings (SSSR count). The Morgan fingerprint density at radius 3 is 2.57 bits per heavy atom. The van der Waals surface area contributed by atoms with Crippen LogP contribution in [-0.2, 0) is 13.1 Å². The molecule has 1 N–H and O–H groups in total. The number of nitrogens with zero attached hydrogens (tertiary/aromatic N) is 3. The third-order valence-electron chi connectivity index (χ3n) is 5.10. The largest absolute Gasteiger partial charge is 0.447 e. The van der Waals surface area contributed by atoms with Gasteiger partial charge in [0.2, 0.25) is 5.89 Å². The fourth-order valence-corrected chi connectivity index (χ4v) is 3.42. The van der Waals surface area contributed by atoms with Gasteiger partial charge < -0.3 is 9.73 Å². The fourth-order valence-electron chi connectivity index (χ4n) is 3.42. The van der Waals surface area contributed by atoms with Gasteiger partial charge in [0.15, 0.2) is 5.69 Å². The van der Waals surface area contributed by atoms with Crippen LogP contribution in [0.15, 0.2) is 34.9 Å². The Balaban J connectivity index is 1.42. The second kappa shape index (κ2) is 9.85. The lowest BCUT2D eigenvalue weighted by molar-refractivity contribution is 0.0946. The normalized spacial score (nSPS) is 15.9. The predicted molar refractivity (Wildman–Crippen MR) is 110 cm³/mol. The fraction of sp³-hybridized carbons (Fsp3) is 0.545. The van der Waals surface area contributed by atoms with E-state index < -0.39 is 0 Å². The zero-order chi connectivity index (χ0) is 19.9. The summed E-state index contributed by atoms with van der Waals surface area (Å²) in [6, 6.07) is 8.71. The van der Waals surface area contributed by atoms with Gasteiger partial charge in [-0.25, -0.2) is 4.98 Å². The standard InChI is InChI=1S/C22H32N4O2/c1-17(2)7-8-23-22(27)20-16-28-21(24-20)15-26-11-9-25(10-12-26)14-19-6-4-5-18(3)13-19/h4-6,13,16-17H,7-12,14-15H2,1-3H3,(H,23,27). The summed E-state index contributed by atoms with van der Waals surface area (Å²) >= 11 is 0. The molecule has 0 saturated carbocycles. The van der Waals surface area contributed by atoms with E-state index >= 15 is 0 Å². The third kappa shape index (κ3) is 6.17. The molecular formula is C22H32N4O2. The molecule has 0 bridgehead atoms. The Labute approximate surface area is 167 Å². The summed E-state index contributed by atoms with van der Waals surface area (Å²) in [7, 11) is 0. The minimum absolute atomic E-state index is 0.154. The molecule has 0 aliphatic carbocycles. The number of carbonyl (C=O) groups is 1. The number of amides is 1. The molecule has 6 nitrogen and oxygen atoms in total. The molecule has 1 fully saturated rings. The lowest BCUT2D eigenvalue weighted by Gasteiger charge is -2.34.